The van der Waals surface area contributed by atoms with Crippen LogP contribution in [-0.4, -0.2) is 4.98 Å². The van der Waals surface area contributed by atoms with E-state index in [1.165, 1.54) is 16.3 Å². The van der Waals surface area contributed by atoms with Crippen molar-refractivity contribution in [2.24, 2.45) is 0 Å². The summed E-state index contributed by atoms with van der Waals surface area (Å²) in [6.45, 7) is 5.06. The third kappa shape index (κ3) is 2.61. The second kappa shape index (κ2) is 5.12. The first-order chi connectivity index (χ1) is 7.79. The summed E-state index contributed by atoms with van der Waals surface area (Å²) in [5.74, 6) is 0. The highest BCUT2D eigenvalue weighted by molar-refractivity contribution is 7.09. The molecular weight excluding hydrogens is 216 g/mol. The number of nitrogens with one attached hydrogen (secondary N) is 1. The predicted octanol–water partition coefficient (Wildman–Crippen LogP) is 3.63. The Bertz CT molecular complexity index is 462. The molecule has 16 heavy (non-hydrogen) atoms. The van der Waals surface area contributed by atoms with E-state index in [1.807, 2.05) is 6.07 Å². The fraction of sp³-hybridized carbons (Fsp3) is 0.308. The molecule has 84 valence electrons. The number of hydrogen-bond donors (Lipinski definition) is 1. The lowest BCUT2D eigenvalue weighted by atomic mass is 10.2. The molecule has 0 aliphatic carbocycles. The number of aryl methyl sites for hydroxylation is 2. The summed E-state index contributed by atoms with van der Waals surface area (Å²) in [4.78, 5) is 4.53. The maximum atomic E-state index is 4.53. The lowest BCUT2D eigenvalue weighted by Gasteiger charge is -2.07. The molecule has 0 spiro atoms. The standard InChI is InChI=1S/C13H16N2S/c1-3-13-15-11(9-16-13)8-14-12-7-5-4-6-10(12)2/h4-7,9,14H,3,8H2,1-2H3. The number of nitrogens with zero attached hydrogens (tertiary/aromatic N) is 1. The highest BCUT2D eigenvalue weighted by Crippen LogP contribution is 2.16. The van der Waals surface area contributed by atoms with Gasteiger partial charge in [-0.3, -0.25) is 0 Å². The maximum Gasteiger partial charge on any atom is 0.0926 e. The van der Waals surface area contributed by atoms with Crippen LogP contribution in [0.15, 0.2) is 29.6 Å². The van der Waals surface area contributed by atoms with E-state index in [0.29, 0.717) is 0 Å². The minimum atomic E-state index is 0.807. The minimum Gasteiger partial charge on any atom is -0.379 e. The number of benzene rings is 1. The Morgan fingerprint density at radius 2 is 2.12 bits per heavy atom. The Balaban J connectivity index is 1.99. The molecule has 1 aromatic heterocycles. The first kappa shape index (κ1) is 11.1. The normalized spacial score (nSPS) is 10.4. The molecule has 1 N–H and O–H groups in total. The number of para-hydroxylation sites is 1. The topological polar surface area (TPSA) is 24.9 Å². The SMILES string of the molecule is CCc1nc(CNc2ccccc2C)cs1. The quantitative estimate of drug-likeness (QED) is 0.870. The average molecular weight is 232 g/mol. The molecule has 0 aliphatic rings. The second-order valence-corrected chi connectivity index (χ2v) is 4.70. The molecule has 1 aromatic carbocycles. The average Bonchev–Trinajstić information content (AvgIpc) is 2.76. The molecule has 0 radical (unpaired) electrons. The largest absolute Gasteiger partial charge is 0.379 e. The Hall–Kier alpha value is -1.35. The van der Waals surface area contributed by atoms with Gasteiger partial charge in [-0.05, 0) is 25.0 Å². The van der Waals surface area contributed by atoms with Gasteiger partial charge in [0, 0.05) is 11.1 Å². The molecule has 0 aliphatic heterocycles. The lowest BCUT2D eigenvalue weighted by molar-refractivity contribution is 1.01. The van der Waals surface area contributed by atoms with Crippen LogP contribution in [0.25, 0.3) is 0 Å². The Morgan fingerprint density at radius 1 is 1.31 bits per heavy atom. The number of rotatable bonds is 4. The molecule has 0 bridgehead atoms. The van der Waals surface area contributed by atoms with Gasteiger partial charge in [-0.15, -0.1) is 11.3 Å². The third-order valence-electron chi connectivity index (χ3n) is 2.51. The summed E-state index contributed by atoms with van der Waals surface area (Å²) in [7, 11) is 0. The van der Waals surface area contributed by atoms with Crippen LogP contribution in [0, 0.1) is 6.92 Å². The Kier molecular flexibility index (Phi) is 3.57. The number of aromatic nitrogens is 1. The number of thiazole rings is 1. The fourth-order valence-corrected chi connectivity index (χ4v) is 2.29. The van der Waals surface area contributed by atoms with Gasteiger partial charge < -0.3 is 5.32 Å². The summed E-state index contributed by atoms with van der Waals surface area (Å²) in [6, 6.07) is 8.32. The molecule has 2 aromatic rings. The van der Waals surface area contributed by atoms with Gasteiger partial charge in [-0.2, -0.15) is 0 Å². The lowest BCUT2D eigenvalue weighted by Crippen LogP contribution is -2.01. The van der Waals surface area contributed by atoms with Crippen molar-refractivity contribution in [2.75, 3.05) is 5.32 Å². The van der Waals surface area contributed by atoms with Crippen molar-refractivity contribution < 1.29 is 0 Å². The molecule has 0 fully saturated rings. The molecule has 0 amide bonds. The first-order valence-corrected chi connectivity index (χ1v) is 6.40. The van der Waals surface area contributed by atoms with E-state index in [2.05, 4.69) is 47.7 Å². The fourth-order valence-electron chi connectivity index (χ4n) is 1.55. The van der Waals surface area contributed by atoms with Crippen LogP contribution in [0.1, 0.15) is 23.2 Å². The smallest absolute Gasteiger partial charge is 0.0926 e. The van der Waals surface area contributed by atoms with Gasteiger partial charge in [0.25, 0.3) is 0 Å². The summed E-state index contributed by atoms with van der Waals surface area (Å²) in [5, 5.41) is 6.75. The van der Waals surface area contributed by atoms with Gasteiger partial charge in [0.05, 0.1) is 17.2 Å². The third-order valence-corrected chi connectivity index (χ3v) is 3.55. The van der Waals surface area contributed by atoms with Crippen molar-refractivity contribution in [3.8, 4) is 0 Å². The van der Waals surface area contributed by atoms with Crippen molar-refractivity contribution >= 4 is 17.0 Å². The van der Waals surface area contributed by atoms with Gasteiger partial charge in [0.15, 0.2) is 0 Å². The maximum absolute atomic E-state index is 4.53. The zero-order valence-corrected chi connectivity index (χ0v) is 10.5. The summed E-state index contributed by atoms with van der Waals surface area (Å²) >= 11 is 1.74. The van der Waals surface area contributed by atoms with Crippen molar-refractivity contribution in [1.29, 1.82) is 0 Å². The molecular formula is C13H16N2S. The monoisotopic (exact) mass is 232 g/mol. The van der Waals surface area contributed by atoms with Crippen LogP contribution >= 0.6 is 11.3 Å². The van der Waals surface area contributed by atoms with E-state index in [0.717, 1.165) is 18.7 Å². The Morgan fingerprint density at radius 3 is 2.81 bits per heavy atom. The number of anilines is 1. The van der Waals surface area contributed by atoms with E-state index < -0.39 is 0 Å². The molecule has 2 nitrogen and oxygen atoms in total. The van der Waals surface area contributed by atoms with Crippen molar-refractivity contribution in [1.82, 2.24) is 4.98 Å². The molecule has 0 saturated carbocycles. The van der Waals surface area contributed by atoms with Gasteiger partial charge in [-0.1, -0.05) is 25.1 Å². The van der Waals surface area contributed by atoms with Crippen LogP contribution in [0.5, 0.6) is 0 Å². The van der Waals surface area contributed by atoms with Crippen LogP contribution < -0.4 is 5.32 Å². The number of hydrogen-bond acceptors (Lipinski definition) is 3. The minimum absolute atomic E-state index is 0.807. The molecule has 0 saturated heterocycles. The van der Waals surface area contributed by atoms with E-state index in [1.54, 1.807) is 11.3 Å². The molecule has 2 rings (SSSR count). The van der Waals surface area contributed by atoms with E-state index in [-0.39, 0.29) is 0 Å². The van der Waals surface area contributed by atoms with E-state index in [4.69, 9.17) is 0 Å². The first-order valence-electron chi connectivity index (χ1n) is 5.52. The predicted molar refractivity (Wildman–Crippen MR) is 70.0 cm³/mol. The highest BCUT2D eigenvalue weighted by atomic mass is 32.1. The van der Waals surface area contributed by atoms with Crippen molar-refractivity contribution in [3.63, 3.8) is 0 Å². The van der Waals surface area contributed by atoms with Crippen LogP contribution in [0.3, 0.4) is 0 Å². The van der Waals surface area contributed by atoms with E-state index >= 15 is 0 Å². The van der Waals surface area contributed by atoms with Gasteiger partial charge >= 0.3 is 0 Å². The summed E-state index contributed by atoms with van der Waals surface area (Å²) in [5.41, 5.74) is 3.59. The highest BCUT2D eigenvalue weighted by Gasteiger charge is 2.01. The molecule has 0 unspecified atom stereocenters. The van der Waals surface area contributed by atoms with Gasteiger partial charge in [0.1, 0.15) is 0 Å². The van der Waals surface area contributed by atoms with Crippen LogP contribution in [0.4, 0.5) is 5.69 Å². The molecule has 3 heteroatoms. The van der Waals surface area contributed by atoms with Crippen LogP contribution in [-0.2, 0) is 13.0 Å². The van der Waals surface area contributed by atoms with E-state index in [9.17, 15) is 0 Å². The van der Waals surface area contributed by atoms with Crippen molar-refractivity contribution in [2.45, 2.75) is 26.8 Å². The molecule has 1 heterocycles. The Labute approximate surface area is 100 Å². The second-order valence-electron chi connectivity index (χ2n) is 3.75. The van der Waals surface area contributed by atoms with Gasteiger partial charge in [-0.25, -0.2) is 4.98 Å². The van der Waals surface area contributed by atoms with Crippen LogP contribution in [0.2, 0.25) is 0 Å². The van der Waals surface area contributed by atoms with Gasteiger partial charge in [0.2, 0.25) is 0 Å². The molecule has 0 atom stereocenters. The van der Waals surface area contributed by atoms with Crippen molar-refractivity contribution in [3.05, 3.63) is 45.9 Å². The summed E-state index contributed by atoms with van der Waals surface area (Å²) < 4.78 is 0. The zero-order valence-electron chi connectivity index (χ0n) is 9.66. The summed E-state index contributed by atoms with van der Waals surface area (Å²) in [6.07, 6.45) is 1.02. The zero-order chi connectivity index (χ0) is 11.4.